The molecule has 3 unspecified atom stereocenters. The normalized spacial score (nSPS) is 23.4. The second-order valence-corrected chi connectivity index (χ2v) is 8.40. The van der Waals surface area contributed by atoms with Gasteiger partial charge in [0.15, 0.2) is 0 Å². The van der Waals surface area contributed by atoms with Crippen LogP contribution in [0, 0.1) is 11.3 Å². The zero-order valence-electron chi connectivity index (χ0n) is 17.4. The van der Waals surface area contributed by atoms with Crippen LogP contribution in [-0.4, -0.2) is 34.0 Å². The molecule has 1 saturated carbocycles. The van der Waals surface area contributed by atoms with E-state index in [0.29, 0.717) is 6.42 Å². The van der Waals surface area contributed by atoms with Gasteiger partial charge < -0.3 is 15.3 Å². The summed E-state index contributed by atoms with van der Waals surface area (Å²) < 4.78 is 0. The number of carbonyl (C=O) groups is 1. The van der Waals surface area contributed by atoms with Gasteiger partial charge in [-0.3, -0.25) is 4.79 Å². The number of aliphatic hydroxyl groups is 2. The molecular weight excluding hydrogens is 340 g/mol. The van der Waals surface area contributed by atoms with Gasteiger partial charge in [-0.05, 0) is 57.3 Å². The summed E-state index contributed by atoms with van der Waals surface area (Å²) in [6.45, 7) is 1.89. The molecule has 0 aromatic rings. The molecule has 1 rings (SSSR count). The minimum Gasteiger partial charge on any atom is -0.481 e. The van der Waals surface area contributed by atoms with Crippen LogP contribution in [0.3, 0.4) is 0 Å². The number of rotatable bonds is 17. The molecule has 4 nitrogen and oxygen atoms in total. The van der Waals surface area contributed by atoms with E-state index >= 15 is 0 Å². The summed E-state index contributed by atoms with van der Waals surface area (Å²) in [4.78, 5) is 11.7. The highest BCUT2D eigenvalue weighted by Gasteiger charge is 2.52. The molecule has 0 radical (unpaired) electrons. The Morgan fingerprint density at radius 1 is 1.04 bits per heavy atom. The zero-order valence-corrected chi connectivity index (χ0v) is 17.4. The highest BCUT2D eigenvalue weighted by Crippen LogP contribution is 2.52. The fourth-order valence-electron chi connectivity index (χ4n) is 4.35. The van der Waals surface area contributed by atoms with Crippen molar-refractivity contribution in [3.05, 3.63) is 12.2 Å². The van der Waals surface area contributed by atoms with Gasteiger partial charge in [0.05, 0.1) is 18.1 Å². The summed E-state index contributed by atoms with van der Waals surface area (Å²) in [7, 11) is 0. The van der Waals surface area contributed by atoms with Crippen LogP contribution in [0.4, 0.5) is 0 Å². The Kier molecular flexibility index (Phi) is 12.7. The lowest BCUT2D eigenvalue weighted by atomic mass is 9.56. The first kappa shape index (κ1) is 24.2. The van der Waals surface area contributed by atoms with Crippen molar-refractivity contribution in [2.24, 2.45) is 11.3 Å². The van der Waals surface area contributed by atoms with Crippen LogP contribution in [0.1, 0.15) is 103 Å². The van der Waals surface area contributed by atoms with E-state index in [2.05, 4.69) is 19.1 Å². The van der Waals surface area contributed by atoms with Crippen LogP contribution in [0.25, 0.3) is 0 Å². The molecule has 27 heavy (non-hydrogen) atoms. The minimum atomic E-state index is -0.916. The monoisotopic (exact) mass is 382 g/mol. The van der Waals surface area contributed by atoms with Crippen molar-refractivity contribution in [3.63, 3.8) is 0 Å². The van der Waals surface area contributed by atoms with Crippen molar-refractivity contribution >= 4 is 5.97 Å². The van der Waals surface area contributed by atoms with E-state index in [4.69, 9.17) is 5.11 Å². The maximum absolute atomic E-state index is 11.7. The summed E-state index contributed by atoms with van der Waals surface area (Å²) in [5.41, 5.74) is -0.806. The topological polar surface area (TPSA) is 77.8 Å². The molecule has 158 valence electrons. The van der Waals surface area contributed by atoms with Crippen molar-refractivity contribution in [3.8, 4) is 0 Å². The van der Waals surface area contributed by atoms with E-state index < -0.39 is 17.5 Å². The van der Waals surface area contributed by atoms with E-state index in [-0.39, 0.29) is 18.9 Å². The molecule has 0 amide bonds. The van der Waals surface area contributed by atoms with Gasteiger partial charge in [0.1, 0.15) is 0 Å². The van der Waals surface area contributed by atoms with E-state index in [9.17, 15) is 15.0 Å². The number of unbranched alkanes of at least 4 members (excludes halogenated alkanes) is 9. The Morgan fingerprint density at radius 2 is 1.63 bits per heavy atom. The molecular formula is C23H42O4. The highest BCUT2D eigenvalue weighted by atomic mass is 16.4. The molecule has 0 bridgehead atoms. The molecule has 3 N–H and O–H groups in total. The summed E-state index contributed by atoms with van der Waals surface area (Å²) >= 11 is 0. The summed E-state index contributed by atoms with van der Waals surface area (Å²) in [6, 6.07) is 0. The zero-order chi connectivity index (χ0) is 20.0. The molecule has 0 spiro atoms. The second-order valence-electron chi connectivity index (χ2n) is 8.40. The maximum Gasteiger partial charge on any atom is 0.310 e. The smallest absolute Gasteiger partial charge is 0.310 e. The van der Waals surface area contributed by atoms with Crippen LogP contribution in [0.15, 0.2) is 12.2 Å². The molecule has 0 saturated heterocycles. The maximum atomic E-state index is 11.7. The van der Waals surface area contributed by atoms with E-state index in [1.165, 1.54) is 51.4 Å². The van der Waals surface area contributed by atoms with Crippen LogP contribution in [0.2, 0.25) is 0 Å². The molecule has 0 aromatic carbocycles. The lowest BCUT2D eigenvalue weighted by molar-refractivity contribution is -0.166. The Bertz CT molecular complexity index is 421. The molecule has 0 heterocycles. The van der Waals surface area contributed by atoms with Gasteiger partial charge in [0.25, 0.3) is 0 Å². The van der Waals surface area contributed by atoms with E-state index in [1.54, 1.807) is 0 Å². The van der Waals surface area contributed by atoms with Gasteiger partial charge in [-0.25, -0.2) is 0 Å². The number of carboxylic acid groups (broad SMARTS) is 1. The SMILES string of the molecule is CCCCCCCC/C=C\CCCCCC1CCC1(CC(O)CO)C(=O)O. The molecule has 3 atom stereocenters. The molecule has 1 fully saturated rings. The highest BCUT2D eigenvalue weighted by molar-refractivity contribution is 5.76. The second kappa shape index (κ2) is 14.2. The lowest BCUT2D eigenvalue weighted by Crippen LogP contribution is -2.49. The molecule has 1 aliphatic rings. The number of aliphatic carboxylic acids is 1. The van der Waals surface area contributed by atoms with Crippen molar-refractivity contribution in [1.29, 1.82) is 0 Å². The fourth-order valence-corrected chi connectivity index (χ4v) is 4.35. The van der Waals surface area contributed by atoms with Crippen LogP contribution < -0.4 is 0 Å². The number of carboxylic acids is 1. The van der Waals surface area contributed by atoms with Gasteiger partial charge in [-0.1, -0.05) is 64.0 Å². The third kappa shape index (κ3) is 8.78. The van der Waals surface area contributed by atoms with Gasteiger partial charge >= 0.3 is 5.97 Å². The molecule has 0 aromatic heterocycles. The number of hydrogen-bond donors (Lipinski definition) is 3. The number of aliphatic hydroxyl groups excluding tert-OH is 2. The Hall–Kier alpha value is -0.870. The van der Waals surface area contributed by atoms with Crippen LogP contribution in [0.5, 0.6) is 0 Å². The van der Waals surface area contributed by atoms with Crippen molar-refractivity contribution < 1.29 is 20.1 Å². The first-order chi connectivity index (χ1) is 13.1. The minimum absolute atomic E-state index is 0.152. The van der Waals surface area contributed by atoms with Gasteiger partial charge in [0, 0.05) is 0 Å². The molecule has 4 heteroatoms. The summed E-state index contributed by atoms with van der Waals surface area (Å²) in [5.74, 6) is -0.650. The Morgan fingerprint density at radius 3 is 2.15 bits per heavy atom. The predicted octanol–water partition coefficient (Wildman–Crippen LogP) is 5.47. The van der Waals surface area contributed by atoms with Crippen LogP contribution in [-0.2, 0) is 4.79 Å². The van der Waals surface area contributed by atoms with Crippen molar-refractivity contribution in [1.82, 2.24) is 0 Å². The van der Waals surface area contributed by atoms with Crippen LogP contribution >= 0.6 is 0 Å². The number of hydrogen-bond acceptors (Lipinski definition) is 3. The predicted molar refractivity (Wildman–Crippen MR) is 111 cm³/mol. The Balaban J connectivity index is 2.07. The molecule has 0 aliphatic heterocycles. The van der Waals surface area contributed by atoms with E-state index in [0.717, 1.165) is 32.1 Å². The van der Waals surface area contributed by atoms with Gasteiger partial charge in [0.2, 0.25) is 0 Å². The quantitative estimate of drug-likeness (QED) is 0.230. The van der Waals surface area contributed by atoms with Gasteiger partial charge in [-0.15, -0.1) is 0 Å². The average Bonchev–Trinajstić information content (AvgIpc) is 2.64. The summed E-state index contributed by atoms with van der Waals surface area (Å²) in [5, 5.41) is 28.3. The fraction of sp³-hybridized carbons (Fsp3) is 0.870. The third-order valence-corrected chi connectivity index (χ3v) is 6.27. The van der Waals surface area contributed by atoms with E-state index in [1.807, 2.05) is 0 Å². The molecule has 1 aliphatic carbocycles. The van der Waals surface area contributed by atoms with Crippen molar-refractivity contribution in [2.75, 3.05) is 6.61 Å². The number of allylic oxidation sites excluding steroid dienone is 2. The standard InChI is InChI=1S/C23H42O4/c1-2-3-4-5-6-7-8-9-10-11-12-13-14-15-20-16-17-23(20,22(26)27)18-21(25)19-24/h9-10,20-21,24-25H,2-8,11-19H2,1H3,(H,26,27)/b10-9-. The van der Waals surface area contributed by atoms with Gasteiger partial charge in [-0.2, -0.15) is 0 Å². The third-order valence-electron chi connectivity index (χ3n) is 6.27. The first-order valence-corrected chi connectivity index (χ1v) is 11.2. The van der Waals surface area contributed by atoms with Crippen molar-refractivity contribution in [2.45, 2.75) is 109 Å². The first-order valence-electron chi connectivity index (χ1n) is 11.2. The summed E-state index contributed by atoms with van der Waals surface area (Å²) in [6.07, 6.45) is 20.1. The Labute approximate surface area is 166 Å². The largest absolute Gasteiger partial charge is 0.481 e. The average molecular weight is 383 g/mol. The lowest BCUT2D eigenvalue weighted by Gasteiger charge is -2.47.